The fraction of sp³-hybridized carbons (Fsp3) is 0.444. The zero-order chi connectivity index (χ0) is 11.0. The first-order valence-corrected chi connectivity index (χ1v) is 4.65. The van der Waals surface area contributed by atoms with E-state index < -0.39 is 11.9 Å². The van der Waals surface area contributed by atoms with Gasteiger partial charge in [-0.1, -0.05) is 0 Å². The van der Waals surface area contributed by atoms with Crippen LogP contribution in [0.5, 0.6) is 0 Å². The molecular formula is C9H11N3O3. The summed E-state index contributed by atoms with van der Waals surface area (Å²) in [7, 11) is 1.58. The first-order chi connectivity index (χ1) is 7.08. The van der Waals surface area contributed by atoms with E-state index in [1.54, 1.807) is 7.05 Å². The maximum atomic E-state index is 11.6. The van der Waals surface area contributed by atoms with E-state index in [4.69, 9.17) is 5.11 Å². The Morgan fingerprint density at radius 1 is 1.60 bits per heavy atom. The van der Waals surface area contributed by atoms with Crippen molar-refractivity contribution in [3.63, 3.8) is 0 Å². The van der Waals surface area contributed by atoms with Gasteiger partial charge < -0.3 is 10.4 Å². The van der Waals surface area contributed by atoms with Gasteiger partial charge in [0.1, 0.15) is 5.56 Å². The van der Waals surface area contributed by atoms with Crippen molar-refractivity contribution in [2.24, 2.45) is 7.05 Å². The highest BCUT2D eigenvalue weighted by Gasteiger charge is 2.27. The Kier molecular flexibility index (Phi) is 2.18. The van der Waals surface area contributed by atoms with Crippen molar-refractivity contribution in [1.82, 2.24) is 15.1 Å². The van der Waals surface area contributed by atoms with Crippen molar-refractivity contribution in [2.75, 3.05) is 0 Å². The number of carbonyl (C=O) groups excluding carboxylic acids is 1. The molecule has 0 saturated heterocycles. The molecule has 1 fully saturated rings. The number of hydrogen-bond donors (Lipinski definition) is 2. The van der Waals surface area contributed by atoms with Crippen molar-refractivity contribution in [2.45, 2.75) is 18.9 Å². The minimum Gasteiger partial charge on any atom is -0.478 e. The van der Waals surface area contributed by atoms with Crippen LogP contribution in [0.25, 0.3) is 0 Å². The molecule has 0 spiro atoms. The second-order valence-electron chi connectivity index (χ2n) is 3.62. The van der Waals surface area contributed by atoms with Crippen molar-refractivity contribution in [1.29, 1.82) is 0 Å². The van der Waals surface area contributed by atoms with Crippen LogP contribution in [-0.4, -0.2) is 32.8 Å². The van der Waals surface area contributed by atoms with E-state index in [9.17, 15) is 9.59 Å². The van der Waals surface area contributed by atoms with Gasteiger partial charge in [0, 0.05) is 19.3 Å². The smallest absolute Gasteiger partial charge is 0.339 e. The molecular weight excluding hydrogens is 198 g/mol. The number of nitrogens with zero attached hydrogens (tertiary/aromatic N) is 2. The molecule has 0 radical (unpaired) electrons. The maximum Gasteiger partial charge on any atom is 0.339 e. The van der Waals surface area contributed by atoms with Crippen LogP contribution >= 0.6 is 0 Å². The van der Waals surface area contributed by atoms with Crippen LogP contribution in [0.1, 0.15) is 33.7 Å². The third kappa shape index (κ3) is 1.98. The summed E-state index contributed by atoms with van der Waals surface area (Å²) in [4.78, 5) is 22.4. The largest absolute Gasteiger partial charge is 0.478 e. The van der Waals surface area contributed by atoms with Crippen molar-refractivity contribution in [3.8, 4) is 0 Å². The Labute approximate surface area is 85.9 Å². The topological polar surface area (TPSA) is 84.2 Å². The maximum absolute atomic E-state index is 11.6. The van der Waals surface area contributed by atoms with Gasteiger partial charge in [-0.05, 0) is 12.8 Å². The summed E-state index contributed by atoms with van der Waals surface area (Å²) in [6, 6.07) is 0.196. The molecule has 0 aliphatic heterocycles. The van der Waals surface area contributed by atoms with Gasteiger partial charge in [0.05, 0.1) is 0 Å². The number of carbonyl (C=O) groups is 2. The van der Waals surface area contributed by atoms with Gasteiger partial charge in [0.25, 0.3) is 5.91 Å². The Balaban J connectivity index is 2.24. The Hall–Kier alpha value is -1.85. The highest BCUT2D eigenvalue weighted by molar-refractivity contribution is 6.03. The predicted octanol–water partition coefficient (Wildman–Crippen LogP) is 0.0105. The quantitative estimate of drug-likeness (QED) is 0.734. The van der Waals surface area contributed by atoms with E-state index in [2.05, 4.69) is 10.4 Å². The first kappa shape index (κ1) is 9.70. The molecule has 0 bridgehead atoms. The van der Waals surface area contributed by atoms with Crippen LogP contribution in [-0.2, 0) is 7.05 Å². The van der Waals surface area contributed by atoms with E-state index in [0.717, 1.165) is 12.8 Å². The van der Waals surface area contributed by atoms with Gasteiger partial charge in [-0.2, -0.15) is 5.10 Å². The van der Waals surface area contributed by atoms with Crippen LogP contribution in [0.2, 0.25) is 0 Å². The SMILES string of the molecule is Cn1cc(C(=O)O)c(C(=O)NC2CC2)n1. The molecule has 1 aromatic heterocycles. The second-order valence-corrected chi connectivity index (χ2v) is 3.62. The third-order valence-electron chi connectivity index (χ3n) is 2.19. The highest BCUT2D eigenvalue weighted by atomic mass is 16.4. The van der Waals surface area contributed by atoms with Crippen LogP contribution in [0.15, 0.2) is 6.20 Å². The van der Waals surface area contributed by atoms with E-state index in [1.165, 1.54) is 10.9 Å². The van der Waals surface area contributed by atoms with Crippen LogP contribution < -0.4 is 5.32 Å². The Bertz CT molecular complexity index is 420. The van der Waals surface area contributed by atoms with Crippen LogP contribution in [0, 0.1) is 0 Å². The Morgan fingerprint density at radius 3 is 2.80 bits per heavy atom. The van der Waals surface area contributed by atoms with E-state index in [1.807, 2.05) is 0 Å². The molecule has 1 aliphatic carbocycles. The van der Waals surface area contributed by atoms with E-state index >= 15 is 0 Å². The molecule has 6 nitrogen and oxygen atoms in total. The van der Waals surface area contributed by atoms with E-state index in [-0.39, 0.29) is 17.3 Å². The number of aromatic carboxylic acids is 1. The summed E-state index contributed by atoms with van der Waals surface area (Å²) in [5.74, 6) is -1.54. The minimum atomic E-state index is -1.14. The molecule has 80 valence electrons. The van der Waals surface area contributed by atoms with E-state index in [0.29, 0.717) is 0 Å². The summed E-state index contributed by atoms with van der Waals surface area (Å²) < 4.78 is 1.32. The summed E-state index contributed by atoms with van der Waals surface area (Å²) in [6.07, 6.45) is 3.24. The van der Waals surface area contributed by atoms with Crippen LogP contribution in [0.4, 0.5) is 0 Å². The molecule has 1 aliphatic rings. The zero-order valence-electron chi connectivity index (χ0n) is 8.23. The summed E-state index contributed by atoms with van der Waals surface area (Å²) >= 11 is 0. The fourth-order valence-corrected chi connectivity index (χ4v) is 1.29. The molecule has 1 amide bonds. The summed E-state index contributed by atoms with van der Waals surface area (Å²) in [5, 5.41) is 15.4. The predicted molar refractivity (Wildman–Crippen MR) is 50.7 cm³/mol. The zero-order valence-corrected chi connectivity index (χ0v) is 8.23. The Morgan fingerprint density at radius 2 is 2.27 bits per heavy atom. The standard InChI is InChI=1S/C9H11N3O3/c1-12-4-6(9(14)15)7(11-12)8(13)10-5-2-3-5/h4-5H,2-3H2,1H3,(H,10,13)(H,14,15). The number of aromatic nitrogens is 2. The molecule has 0 unspecified atom stereocenters. The van der Waals surface area contributed by atoms with Crippen molar-refractivity contribution < 1.29 is 14.7 Å². The highest BCUT2D eigenvalue weighted by Crippen LogP contribution is 2.19. The minimum absolute atomic E-state index is 0.0168. The molecule has 15 heavy (non-hydrogen) atoms. The first-order valence-electron chi connectivity index (χ1n) is 4.65. The summed E-state index contributed by atoms with van der Waals surface area (Å²) in [5.41, 5.74) is -0.0763. The van der Waals surface area contributed by atoms with Crippen molar-refractivity contribution in [3.05, 3.63) is 17.5 Å². The lowest BCUT2D eigenvalue weighted by atomic mass is 10.2. The number of amides is 1. The lowest BCUT2D eigenvalue weighted by Crippen LogP contribution is -2.27. The molecule has 0 atom stereocenters. The number of nitrogens with one attached hydrogen (secondary N) is 1. The molecule has 1 saturated carbocycles. The molecule has 1 heterocycles. The van der Waals surface area contributed by atoms with Gasteiger partial charge in [-0.3, -0.25) is 9.48 Å². The van der Waals surface area contributed by atoms with Gasteiger partial charge >= 0.3 is 5.97 Å². The number of carboxylic acids is 1. The number of hydrogen-bond acceptors (Lipinski definition) is 3. The molecule has 2 N–H and O–H groups in total. The lowest BCUT2D eigenvalue weighted by molar-refractivity contribution is 0.0691. The van der Waals surface area contributed by atoms with Gasteiger partial charge in [0.15, 0.2) is 5.69 Å². The van der Waals surface area contributed by atoms with Gasteiger partial charge in [0.2, 0.25) is 0 Å². The third-order valence-corrected chi connectivity index (χ3v) is 2.19. The average molecular weight is 209 g/mol. The molecule has 0 aromatic carbocycles. The number of carboxylic acid groups (broad SMARTS) is 1. The molecule has 6 heteroatoms. The normalized spacial score (nSPS) is 15.0. The van der Waals surface area contributed by atoms with Gasteiger partial charge in [-0.25, -0.2) is 4.79 Å². The second kappa shape index (κ2) is 3.38. The van der Waals surface area contributed by atoms with Gasteiger partial charge in [-0.15, -0.1) is 0 Å². The molecule has 2 rings (SSSR count). The fourth-order valence-electron chi connectivity index (χ4n) is 1.29. The number of rotatable bonds is 3. The number of aryl methyl sites for hydroxylation is 1. The average Bonchev–Trinajstić information content (AvgIpc) is 2.86. The summed E-state index contributed by atoms with van der Waals surface area (Å²) in [6.45, 7) is 0. The lowest BCUT2D eigenvalue weighted by Gasteiger charge is -2.00. The monoisotopic (exact) mass is 209 g/mol. The van der Waals surface area contributed by atoms with Crippen molar-refractivity contribution >= 4 is 11.9 Å². The van der Waals surface area contributed by atoms with Crippen LogP contribution in [0.3, 0.4) is 0 Å². The molecule has 1 aromatic rings.